The molecule has 0 saturated carbocycles. The van der Waals surface area contributed by atoms with E-state index in [9.17, 15) is 9.59 Å². The number of likely N-dealkylation sites (N-methyl/N-ethyl adjacent to an activating group) is 1. The standard InChI is InChI=1S/C12H14N2O3/c1-3-14-10-6-8(12(16)17-2)4-5-9(10)13-7-11(14)15/h4-6,13H,3,7H2,1-2H3. The lowest BCUT2D eigenvalue weighted by Crippen LogP contribution is -2.39. The van der Waals surface area contributed by atoms with Crippen LogP contribution in [0.1, 0.15) is 17.3 Å². The predicted molar refractivity (Wildman–Crippen MR) is 64.3 cm³/mol. The van der Waals surface area contributed by atoms with Gasteiger partial charge in [-0.3, -0.25) is 4.79 Å². The molecule has 1 aliphatic heterocycles. The molecule has 0 bridgehead atoms. The van der Waals surface area contributed by atoms with Crippen LogP contribution in [0.2, 0.25) is 0 Å². The minimum absolute atomic E-state index is 0.00187. The van der Waals surface area contributed by atoms with Crippen molar-refractivity contribution in [2.45, 2.75) is 6.92 Å². The second-order valence-electron chi connectivity index (χ2n) is 3.72. The zero-order chi connectivity index (χ0) is 12.4. The van der Waals surface area contributed by atoms with Crippen molar-refractivity contribution in [2.75, 3.05) is 30.4 Å². The van der Waals surface area contributed by atoms with E-state index in [0.717, 1.165) is 11.4 Å². The summed E-state index contributed by atoms with van der Waals surface area (Å²) in [6.45, 7) is 2.77. The average Bonchev–Trinajstić information content (AvgIpc) is 2.37. The van der Waals surface area contributed by atoms with Gasteiger partial charge < -0.3 is 15.0 Å². The molecule has 0 spiro atoms. The molecule has 1 aromatic rings. The molecule has 0 radical (unpaired) electrons. The summed E-state index contributed by atoms with van der Waals surface area (Å²) in [4.78, 5) is 24.8. The average molecular weight is 234 g/mol. The number of esters is 1. The summed E-state index contributed by atoms with van der Waals surface area (Å²) < 4.78 is 4.66. The van der Waals surface area contributed by atoms with Crippen molar-refractivity contribution >= 4 is 23.3 Å². The highest BCUT2D eigenvalue weighted by atomic mass is 16.5. The van der Waals surface area contributed by atoms with Gasteiger partial charge in [0, 0.05) is 6.54 Å². The molecule has 0 atom stereocenters. The van der Waals surface area contributed by atoms with E-state index < -0.39 is 5.97 Å². The van der Waals surface area contributed by atoms with Crippen LogP contribution in [0.4, 0.5) is 11.4 Å². The Morgan fingerprint density at radius 1 is 1.53 bits per heavy atom. The summed E-state index contributed by atoms with van der Waals surface area (Å²) in [5.74, 6) is -0.399. The van der Waals surface area contributed by atoms with Crippen LogP contribution in [-0.2, 0) is 9.53 Å². The summed E-state index contributed by atoms with van der Waals surface area (Å²) in [6, 6.07) is 5.15. The Hall–Kier alpha value is -2.04. The number of carbonyl (C=O) groups excluding carboxylic acids is 2. The number of nitrogens with one attached hydrogen (secondary N) is 1. The van der Waals surface area contributed by atoms with Gasteiger partial charge in [-0.25, -0.2) is 4.79 Å². The number of hydrogen-bond acceptors (Lipinski definition) is 4. The highest BCUT2D eigenvalue weighted by molar-refractivity contribution is 6.04. The maximum Gasteiger partial charge on any atom is 0.337 e. The summed E-state index contributed by atoms with van der Waals surface area (Å²) in [5, 5.41) is 3.02. The molecule has 5 nitrogen and oxygen atoms in total. The first kappa shape index (κ1) is 11.4. The van der Waals surface area contributed by atoms with Gasteiger partial charge >= 0.3 is 5.97 Å². The van der Waals surface area contributed by atoms with Gasteiger partial charge in [0.05, 0.1) is 30.6 Å². The first-order chi connectivity index (χ1) is 8.17. The van der Waals surface area contributed by atoms with Gasteiger partial charge in [0.25, 0.3) is 0 Å². The largest absolute Gasteiger partial charge is 0.465 e. The van der Waals surface area contributed by atoms with Crippen LogP contribution in [0.5, 0.6) is 0 Å². The van der Waals surface area contributed by atoms with E-state index in [-0.39, 0.29) is 5.91 Å². The summed E-state index contributed by atoms with van der Waals surface area (Å²) in [5.41, 5.74) is 2.03. The molecular formula is C12H14N2O3. The highest BCUT2D eigenvalue weighted by Crippen LogP contribution is 2.30. The fourth-order valence-corrected chi connectivity index (χ4v) is 1.90. The van der Waals surface area contributed by atoms with Gasteiger partial charge in [-0.05, 0) is 25.1 Å². The van der Waals surface area contributed by atoms with Crippen LogP contribution in [0, 0.1) is 0 Å². The molecule has 0 unspecified atom stereocenters. The van der Waals surface area contributed by atoms with Crippen LogP contribution in [-0.4, -0.2) is 32.1 Å². The molecule has 5 heteroatoms. The minimum Gasteiger partial charge on any atom is -0.465 e. The highest BCUT2D eigenvalue weighted by Gasteiger charge is 2.23. The smallest absolute Gasteiger partial charge is 0.337 e. The lowest BCUT2D eigenvalue weighted by Gasteiger charge is -2.29. The molecule has 1 aromatic carbocycles. The Balaban J connectivity index is 2.45. The molecule has 2 rings (SSSR count). The number of methoxy groups -OCH3 is 1. The number of anilines is 2. The molecule has 1 heterocycles. The van der Waals surface area contributed by atoms with Crippen LogP contribution in [0.3, 0.4) is 0 Å². The third-order valence-corrected chi connectivity index (χ3v) is 2.76. The number of nitrogens with zero attached hydrogens (tertiary/aromatic N) is 1. The Bertz CT molecular complexity index is 471. The molecule has 1 amide bonds. The number of amides is 1. The van der Waals surface area contributed by atoms with Gasteiger partial charge in [0.15, 0.2) is 0 Å². The molecule has 0 fully saturated rings. The Morgan fingerprint density at radius 3 is 2.94 bits per heavy atom. The quantitative estimate of drug-likeness (QED) is 0.782. The number of ether oxygens (including phenoxy) is 1. The maximum atomic E-state index is 11.7. The Morgan fingerprint density at radius 2 is 2.29 bits per heavy atom. The summed E-state index contributed by atoms with van der Waals surface area (Å²) >= 11 is 0. The zero-order valence-electron chi connectivity index (χ0n) is 9.82. The van der Waals surface area contributed by atoms with Gasteiger partial charge in [-0.15, -0.1) is 0 Å². The first-order valence-corrected chi connectivity index (χ1v) is 5.44. The minimum atomic E-state index is -0.401. The van der Waals surface area contributed by atoms with E-state index in [1.165, 1.54) is 7.11 Å². The van der Waals surface area contributed by atoms with Crippen LogP contribution in [0.25, 0.3) is 0 Å². The molecule has 1 N–H and O–H groups in total. The van der Waals surface area contributed by atoms with Crippen molar-refractivity contribution in [2.24, 2.45) is 0 Å². The number of fused-ring (bicyclic) bond motifs is 1. The maximum absolute atomic E-state index is 11.7. The molecule has 17 heavy (non-hydrogen) atoms. The second-order valence-corrected chi connectivity index (χ2v) is 3.72. The number of rotatable bonds is 2. The number of carbonyl (C=O) groups is 2. The van der Waals surface area contributed by atoms with Crippen molar-refractivity contribution in [1.29, 1.82) is 0 Å². The molecule has 90 valence electrons. The van der Waals surface area contributed by atoms with Crippen LogP contribution >= 0.6 is 0 Å². The Labute approximate surface area is 99.4 Å². The number of hydrogen-bond donors (Lipinski definition) is 1. The topological polar surface area (TPSA) is 58.6 Å². The van der Waals surface area contributed by atoms with Gasteiger partial charge in [-0.1, -0.05) is 0 Å². The normalized spacial score (nSPS) is 14.0. The lowest BCUT2D eigenvalue weighted by atomic mass is 10.1. The van der Waals surface area contributed by atoms with Crippen molar-refractivity contribution in [3.8, 4) is 0 Å². The zero-order valence-corrected chi connectivity index (χ0v) is 9.82. The second kappa shape index (κ2) is 4.45. The monoisotopic (exact) mass is 234 g/mol. The molecular weight excluding hydrogens is 220 g/mol. The van der Waals surface area contributed by atoms with E-state index in [0.29, 0.717) is 18.7 Å². The van der Waals surface area contributed by atoms with Crippen molar-refractivity contribution in [1.82, 2.24) is 0 Å². The van der Waals surface area contributed by atoms with Crippen molar-refractivity contribution in [3.63, 3.8) is 0 Å². The van der Waals surface area contributed by atoms with E-state index in [1.54, 1.807) is 23.1 Å². The predicted octanol–water partition coefficient (Wildman–Crippen LogP) is 1.25. The summed E-state index contributed by atoms with van der Waals surface area (Å²) in [6.07, 6.45) is 0. The Kier molecular flexibility index (Phi) is 2.99. The van der Waals surface area contributed by atoms with Crippen LogP contribution < -0.4 is 10.2 Å². The molecule has 0 saturated heterocycles. The SMILES string of the molecule is CCN1C(=O)CNc2ccc(C(=O)OC)cc21. The van der Waals surface area contributed by atoms with E-state index >= 15 is 0 Å². The van der Waals surface area contributed by atoms with E-state index in [4.69, 9.17) is 0 Å². The first-order valence-electron chi connectivity index (χ1n) is 5.44. The molecule has 0 aromatic heterocycles. The number of benzene rings is 1. The lowest BCUT2D eigenvalue weighted by molar-refractivity contribution is -0.117. The molecule has 0 aliphatic carbocycles. The fourth-order valence-electron chi connectivity index (χ4n) is 1.90. The van der Waals surface area contributed by atoms with E-state index in [2.05, 4.69) is 10.1 Å². The third-order valence-electron chi connectivity index (χ3n) is 2.76. The summed E-state index contributed by atoms with van der Waals surface area (Å²) in [7, 11) is 1.34. The van der Waals surface area contributed by atoms with E-state index in [1.807, 2.05) is 6.92 Å². The van der Waals surface area contributed by atoms with Crippen molar-refractivity contribution < 1.29 is 14.3 Å². The van der Waals surface area contributed by atoms with Crippen LogP contribution in [0.15, 0.2) is 18.2 Å². The third kappa shape index (κ3) is 1.95. The van der Waals surface area contributed by atoms with Gasteiger partial charge in [0.2, 0.25) is 5.91 Å². The fraction of sp³-hybridized carbons (Fsp3) is 0.333. The molecule has 1 aliphatic rings. The van der Waals surface area contributed by atoms with Crippen molar-refractivity contribution in [3.05, 3.63) is 23.8 Å². The van der Waals surface area contributed by atoms with Gasteiger partial charge in [-0.2, -0.15) is 0 Å². The van der Waals surface area contributed by atoms with Gasteiger partial charge in [0.1, 0.15) is 0 Å².